The van der Waals surface area contributed by atoms with Crippen LogP contribution in [0.3, 0.4) is 0 Å². The molecular weight excluding hydrogens is 294 g/mol. The van der Waals surface area contributed by atoms with Crippen molar-refractivity contribution in [1.82, 2.24) is 5.32 Å². The Morgan fingerprint density at radius 2 is 1.73 bits per heavy atom. The van der Waals surface area contributed by atoms with Gasteiger partial charge in [-0.1, -0.05) is 30.3 Å². The number of thiocarbonyl (C=S) groups is 1. The van der Waals surface area contributed by atoms with Crippen molar-refractivity contribution in [2.45, 2.75) is 13.5 Å². The van der Waals surface area contributed by atoms with Crippen LogP contribution >= 0.6 is 12.2 Å². The summed E-state index contributed by atoms with van der Waals surface area (Å²) in [6.07, 6.45) is 0. The van der Waals surface area contributed by atoms with Gasteiger partial charge in [-0.2, -0.15) is 0 Å². The highest BCUT2D eigenvalue weighted by molar-refractivity contribution is 7.80. The predicted molar refractivity (Wildman–Crippen MR) is 95.0 cm³/mol. The first-order chi connectivity index (χ1) is 10.6. The number of nitrogens with one attached hydrogen (secondary N) is 2. The molecule has 0 heterocycles. The third-order valence-electron chi connectivity index (χ3n) is 3.28. The number of hydrogen-bond acceptors (Lipinski definition) is 2. The van der Waals surface area contributed by atoms with E-state index in [0.717, 1.165) is 11.4 Å². The van der Waals surface area contributed by atoms with E-state index < -0.39 is 0 Å². The highest BCUT2D eigenvalue weighted by Crippen LogP contribution is 2.16. The summed E-state index contributed by atoms with van der Waals surface area (Å²) in [7, 11) is 1.75. The van der Waals surface area contributed by atoms with Gasteiger partial charge in [-0.05, 0) is 42.0 Å². The quantitative estimate of drug-likeness (QED) is 0.851. The van der Waals surface area contributed by atoms with E-state index in [-0.39, 0.29) is 5.91 Å². The zero-order valence-electron chi connectivity index (χ0n) is 12.7. The fourth-order valence-electron chi connectivity index (χ4n) is 1.90. The number of nitrogens with zero attached hydrogens (tertiary/aromatic N) is 1. The maximum atomic E-state index is 11.3. The number of anilines is 2. The van der Waals surface area contributed by atoms with Crippen LogP contribution in [0.25, 0.3) is 0 Å². The van der Waals surface area contributed by atoms with Crippen molar-refractivity contribution in [3.63, 3.8) is 0 Å². The van der Waals surface area contributed by atoms with Gasteiger partial charge in [0.2, 0.25) is 5.91 Å². The van der Waals surface area contributed by atoms with Crippen LogP contribution in [0, 0.1) is 0 Å². The normalized spacial score (nSPS) is 9.91. The first-order valence-electron chi connectivity index (χ1n) is 6.99. The van der Waals surface area contributed by atoms with Crippen molar-refractivity contribution in [2.24, 2.45) is 0 Å². The van der Waals surface area contributed by atoms with Gasteiger partial charge in [0.15, 0.2) is 5.11 Å². The van der Waals surface area contributed by atoms with Gasteiger partial charge in [0, 0.05) is 31.9 Å². The van der Waals surface area contributed by atoms with Crippen LogP contribution in [-0.4, -0.2) is 18.1 Å². The van der Waals surface area contributed by atoms with Gasteiger partial charge in [-0.3, -0.25) is 4.79 Å². The molecule has 0 saturated heterocycles. The van der Waals surface area contributed by atoms with Gasteiger partial charge >= 0.3 is 0 Å². The predicted octanol–water partition coefficient (Wildman–Crippen LogP) is 3.16. The third-order valence-corrected chi connectivity index (χ3v) is 3.53. The molecule has 0 aromatic heterocycles. The minimum Gasteiger partial charge on any atom is -0.358 e. The lowest BCUT2D eigenvalue weighted by molar-refractivity contribution is -0.116. The Bertz CT molecular complexity index is 641. The number of amides is 1. The number of benzene rings is 2. The maximum absolute atomic E-state index is 11.3. The van der Waals surface area contributed by atoms with Crippen LogP contribution in [0.2, 0.25) is 0 Å². The fraction of sp³-hybridized carbons (Fsp3) is 0.176. The molecular formula is C17H19N3OS. The molecule has 22 heavy (non-hydrogen) atoms. The summed E-state index contributed by atoms with van der Waals surface area (Å²) in [5.41, 5.74) is 2.90. The SMILES string of the molecule is CC(=O)N(C)c1ccc(NC(=S)NCc2ccccc2)cc1. The smallest absolute Gasteiger partial charge is 0.223 e. The van der Waals surface area contributed by atoms with E-state index in [1.54, 1.807) is 11.9 Å². The standard InChI is InChI=1S/C17H19N3OS/c1-13(21)20(2)16-10-8-15(9-11-16)19-17(22)18-12-14-6-4-3-5-7-14/h3-11H,12H2,1-2H3,(H2,18,19,22). The van der Waals surface area contributed by atoms with E-state index in [1.165, 1.54) is 12.5 Å². The highest BCUT2D eigenvalue weighted by Gasteiger charge is 2.05. The zero-order chi connectivity index (χ0) is 15.9. The molecule has 114 valence electrons. The Labute approximate surface area is 136 Å². The summed E-state index contributed by atoms with van der Waals surface area (Å²) in [6.45, 7) is 2.21. The molecule has 0 radical (unpaired) electrons. The summed E-state index contributed by atoms with van der Waals surface area (Å²) in [4.78, 5) is 12.9. The van der Waals surface area contributed by atoms with E-state index in [9.17, 15) is 4.79 Å². The van der Waals surface area contributed by atoms with E-state index >= 15 is 0 Å². The maximum Gasteiger partial charge on any atom is 0.223 e. The Morgan fingerprint density at radius 3 is 2.32 bits per heavy atom. The molecule has 0 spiro atoms. The lowest BCUT2D eigenvalue weighted by Crippen LogP contribution is -2.28. The van der Waals surface area contributed by atoms with Crippen molar-refractivity contribution >= 4 is 34.6 Å². The summed E-state index contributed by atoms with van der Waals surface area (Å²) in [6, 6.07) is 17.6. The molecule has 0 bridgehead atoms. The zero-order valence-corrected chi connectivity index (χ0v) is 13.5. The van der Waals surface area contributed by atoms with Crippen molar-refractivity contribution in [2.75, 3.05) is 17.3 Å². The van der Waals surface area contributed by atoms with Crippen LogP contribution < -0.4 is 15.5 Å². The van der Waals surface area contributed by atoms with Crippen LogP contribution in [0.15, 0.2) is 54.6 Å². The molecule has 0 atom stereocenters. The third kappa shape index (κ3) is 4.56. The second-order valence-corrected chi connectivity index (χ2v) is 5.33. The van der Waals surface area contributed by atoms with Crippen molar-refractivity contribution in [3.05, 3.63) is 60.2 Å². The van der Waals surface area contributed by atoms with E-state index in [2.05, 4.69) is 10.6 Å². The lowest BCUT2D eigenvalue weighted by Gasteiger charge is -2.16. The molecule has 2 N–H and O–H groups in total. The van der Waals surface area contributed by atoms with Crippen molar-refractivity contribution in [3.8, 4) is 0 Å². The van der Waals surface area contributed by atoms with Crippen molar-refractivity contribution in [1.29, 1.82) is 0 Å². The average molecular weight is 313 g/mol. The lowest BCUT2D eigenvalue weighted by atomic mass is 10.2. The Kier molecular flexibility index (Phi) is 5.49. The van der Waals surface area contributed by atoms with E-state index in [4.69, 9.17) is 12.2 Å². The van der Waals surface area contributed by atoms with Crippen LogP contribution in [0.5, 0.6) is 0 Å². The number of carbonyl (C=O) groups is 1. The van der Waals surface area contributed by atoms with Gasteiger partial charge in [0.1, 0.15) is 0 Å². The largest absolute Gasteiger partial charge is 0.358 e. The second-order valence-electron chi connectivity index (χ2n) is 4.92. The average Bonchev–Trinajstić information content (AvgIpc) is 2.54. The summed E-state index contributed by atoms with van der Waals surface area (Å²) in [5.74, 6) is 0.000702. The van der Waals surface area contributed by atoms with Crippen LogP contribution in [0.4, 0.5) is 11.4 Å². The molecule has 0 aliphatic rings. The second kappa shape index (κ2) is 7.56. The monoisotopic (exact) mass is 313 g/mol. The topological polar surface area (TPSA) is 44.4 Å². The van der Waals surface area contributed by atoms with Crippen LogP contribution in [-0.2, 0) is 11.3 Å². The molecule has 5 heteroatoms. The number of hydrogen-bond donors (Lipinski definition) is 2. The molecule has 0 saturated carbocycles. The first-order valence-corrected chi connectivity index (χ1v) is 7.40. The Morgan fingerprint density at radius 1 is 1.09 bits per heavy atom. The Hall–Kier alpha value is -2.40. The van der Waals surface area contributed by atoms with Crippen molar-refractivity contribution < 1.29 is 4.79 Å². The molecule has 0 unspecified atom stereocenters. The molecule has 2 aromatic rings. The highest BCUT2D eigenvalue weighted by atomic mass is 32.1. The van der Waals surface area contributed by atoms with Gasteiger partial charge < -0.3 is 15.5 Å². The summed E-state index contributed by atoms with van der Waals surface area (Å²) < 4.78 is 0. The van der Waals surface area contributed by atoms with E-state index in [1.807, 2.05) is 54.6 Å². The van der Waals surface area contributed by atoms with E-state index in [0.29, 0.717) is 11.7 Å². The van der Waals surface area contributed by atoms with Gasteiger partial charge in [-0.25, -0.2) is 0 Å². The summed E-state index contributed by atoms with van der Waals surface area (Å²) >= 11 is 5.27. The molecule has 0 aliphatic heterocycles. The minimum absolute atomic E-state index is 0.000702. The number of carbonyl (C=O) groups excluding carboxylic acids is 1. The van der Waals surface area contributed by atoms with Gasteiger partial charge in [0.25, 0.3) is 0 Å². The first kappa shape index (κ1) is 16.0. The fourth-order valence-corrected chi connectivity index (χ4v) is 2.09. The molecule has 2 rings (SSSR count). The van der Waals surface area contributed by atoms with Gasteiger partial charge in [0.05, 0.1) is 0 Å². The van der Waals surface area contributed by atoms with Crippen LogP contribution in [0.1, 0.15) is 12.5 Å². The summed E-state index contributed by atoms with van der Waals surface area (Å²) in [5, 5.41) is 6.85. The molecule has 1 amide bonds. The number of rotatable bonds is 4. The minimum atomic E-state index is 0.000702. The molecule has 4 nitrogen and oxygen atoms in total. The molecule has 0 fully saturated rings. The molecule has 0 aliphatic carbocycles. The van der Waals surface area contributed by atoms with Gasteiger partial charge in [-0.15, -0.1) is 0 Å². The Balaban J connectivity index is 1.88. The molecule has 2 aromatic carbocycles.